The van der Waals surface area contributed by atoms with Crippen molar-refractivity contribution in [2.75, 3.05) is 20.3 Å². The van der Waals surface area contributed by atoms with Crippen molar-refractivity contribution in [3.8, 4) is 0 Å². The smallest absolute Gasteiger partial charge is 0.169 e. The van der Waals surface area contributed by atoms with Gasteiger partial charge in [-0.2, -0.15) is 0 Å². The number of fused-ring (bicyclic) bond motifs is 1. The molecule has 1 spiro atoms. The van der Waals surface area contributed by atoms with E-state index in [-0.39, 0.29) is 5.79 Å². The molecule has 2 saturated carbocycles. The first-order valence-electron chi connectivity index (χ1n) is 5.62. The summed E-state index contributed by atoms with van der Waals surface area (Å²) in [4.78, 5) is 0. The molecule has 0 N–H and O–H groups in total. The Hall–Kier alpha value is -0.120. The highest BCUT2D eigenvalue weighted by molar-refractivity contribution is 4.97. The van der Waals surface area contributed by atoms with E-state index in [0.29, 0.717) is 6.10 Å². The maximum absolute atomic E-state index is 5.74. The predicted octanol–water partition coefficient (Wildman–Crippen LogP) is 1.56. The summed E-state index contributed by atoms with van der Waals surface area (Å²) in [6.07, 6.45) is 5.09. The van der Waals surface area contributed by atoms with Crippen molar-refractivity contribution < 1.29 is 14.2 Å². The Morgan fingerprint density at radius 1 is 1.07 bits per heavy atom. The van der Waals surface area contributed by atoms with Gasteiger partial charge in [0.1, 0.15) is 0 Å². The second-order valence-electron chi connectivity index (χ2n) is 4.87. The molecule has 0 aromatic rings. The lowest BCUT2D eigenvalue weighted by Gasteiger charge is -2.23. The molecule has 3 fully saturated rings. The maximum Gasteiger partial charge on any atom is 0.169 e. The van der Waals surface area contributed by atoms with Gasteiger partial charge >= 0.3 is 0 Å². The zero-order valence-electron chi connectivity index (χ0n) is 8.70. The quantitative estimate of drug-likeness (QED) is 0.640. The molecular formula is C11H18O3. The van der Waals surface area contributed by atoms with Gasteiger partial charge in [0.15, 0.2) is 5.79 Å². The van der Waals surface area contributed by atoms with E-state index >= 15 is 0 Å². The standard InChI is InChI=1S/C11H18O3/c1-12-10-4-8-6-11(7-9(8)5-10)13-2-3-14-11/h8-10H,2-7H2,1H3/t8-,9+,10?. The minimum absolute atomic E-state index is 0.186. The van der Waals surface area contributed by atoms with Crippen LogP contribution in [-0.2, 0) is 14.2 Å². The van der Waals surface area contributed by atoms with Gasteiger partial charge in [0, 0.05) is 20.0 Å². The molecule has 3 rings (SSSR count). The van der Waals surface area contributed by atoms with Crippen LogP contribution in [0, 0.1) is 11.8 Å². The lowest BCUT2D eigenvalue weighted by Crippen LogP contribution is -2.27. The van der Waals surface area contributed by atoms with E-state index in [1.54, 1.807) is 0 Å². The summed E-state index contributed by atoms with van der Waals surface area (Å²) in [6.45, 7) is 1.57. The van der Waals surface area contributed by atoms with E-state index in [9.17, 15) is 0 Å². The Kier molecular flexibility index (Phi) is 2.08. The van der Waals surface area contributed by atoms with E-state index in [0.717, 1.165) is 37.9 Å². The molecule has 3 nitrogen and oxygen atoms in total. The Labute approximate surface area is 84.7 Å². The summed E-state index contributed by atoms with van der Waals surface area (Å²) < 4.78 is 16.9. The first-order valence-corrected chi connectivity index (χ1v) is 5.62. The highest BCUT2D eigenvalue weighted by Gasteiger charge is 2.52. The number of hydrogen-bond acceptors (Lipinski definition) is 3. The van der Waals surface area contributed by atoms with Crippen LogP contribution in [-0.4, -0.2) is 32.2 Å². The van der Waals surface area contributed by atoms with Gasteiger partial charge in [-0.05, 0) is 24.7 Å². The van der Waals surface area contributed by atoms with Crippen LogP contribution in [0.15, 0.2) is 0 Å². The van der Waals surface area contributed by atoms with E-state index in [2.05, 4.69) is 0 Å². The van der Waals surface area contributed by atoms with Gasteiger partial charge in [0.05, 0.1) is 19.3 Å². The molecule has 14 heavy (non-hydrogen) atoms. The molecule has 0 radical (unpaired) electrons. The van der Waals surface area contributed by atoms with Crippen LogP contribution in [0.1, 0.15) is 25.7 Å². The molecule has 3 atom stereocenters. The lowest BCUT2D eigenvalue weighted by molar-refractivity contribution is -0.156. The van der Waals surface area contributed by atoms with Crippen molar-refractivity contribution in [1.29, 1.82) is 0 Å². The Bertz CT molecular complexity index is 207. The topological polar surface area (TPSA) is 27.7 Å². The molecule has 0 aromatic heterocycles. The van der Waals surface area contributed by atoms with Gasteiger partial charge in [-0.15, -0.1) is 0 Å². The molecule has 1 aliphatic heterocycles. The summed E-state index contributed by atoms with van der Waals surface area (Å²) in [5.41, 5.74) is 0. The highest BCUT2D eigenvalue weighted by atomic mass is 16.7. The number of rotatable bonds is 1. The second-order valence-corrected chi connectivity index (χ2v) is 4.87. The Balaban J connectivity index is 1.68. The second kappa shape index (κ2) is 3.19. The summed E-state index contributed by atoms with van der Waals surface area (Å²) >= 11 is 0. The van der Waals surface area contributed by atoms with E-state index in [1.807, 2.05) is 7.11 Å². The van der Waals surface area contributed by atoms with Crippen molar-refractivity contribution in [3.05, 3.63) is 0 Å². The Morgan fingerprint density at radius 3 is 2.14 bits per heavy atom. The fourth-order valence-corrected chi connectivity index (χ4v) is 3.46. The molecule has 3 aliphatic rings. The number of hydrogen-bond donors (Lipinski definition) is 0. The molecule has 0 amide bonds. The molecule has 80 valence electrons. The highest BCUT2D eigenvalue weighted by Crippen LogP contribution is 2.52. The van der Waals surface area contributed by atoms with Gasteiger partial charge < -0.3 is 14.2 Å². The average molecular weight is 198 g/mol. The lowest BCUT2D eigenvalue weighted by atomic mass is 10.0. The summed E-state index contributed by atoms with van der Waals surface area (Å²) in [5, 5.41) is 0. The average Bonchev–Trinajstić information content (AvgIpc) is 2.81. The minimum atomic E-state index is -0.186. The first-order chi connectivity index (χ1) is 6.81. The van der Waals surface area contributed by atoms with E-state index < -0.39 is 0 Å². The fourth-order valence-electron chi connectivity index (χ4n) is 3.46. The van der Waals surface area contributed by atoms with Crippen LogP contribution in [0.2, 0.25) is 0 Å². The summed E-state index contributed by atoms with van der Waals surface area (Å²) in [5.74, 6) is 1.37. The molecule has 0 bridgehead atoms. The van der Waals surface area contributed by atoms with Gasteiger partial charge in [-0.1, -0.05) is 0 Å². The maximum atomic E-state index is 5.74. The minimum Gasteiger partial charge on any atom is -0.381 e. The van der Waals surface area contributed by atoms with Gasteiger partial charge in [-0.25, -0.2) is 0 Å². The fraction of sp³-hybridized carbons (Fsp3) is 1.00. The van der Waals surface area contributed by atoms with Crippen LogP contribution < -0.4 is 0 Å². The molecule has 0 aromatic carbocycles. The van der Waals surface area contributed by atoms with Gasteiger partial charge in [0.2, 0.25) is 0 Å². The number of methoxy groups -OCH3 is 1. The van der Waals surface area contributed by atoms with Crippen LogP contribution in [0.3, 0.4) is 0 Å². The summed E-state index contributed by atoms with van der Waals surface area (Å²) in [6, 6.07) is 0. The van der Waals surface area contributed by atoms with Crippen LogP contribution in [0.5, 0.6) is 0 Å². The molecule has 1 unspecified atom stereocenters. The molecule has 3 heteroatoms. The molecule has 2 aliphatic carbocycles. The predicted molar refractivity (Wildman–Crippen MR) is 50.9 cm³/mol. The van der Waals surface area contributed by atoms with Crippen molar-refractivity contribution in [2.24, 2.45) is 11.8 Å². The van der Waals surface area contributed by atoms with Crippen LogP contribution in [0.25, 0.3) is 0 Å². The van der Waals surface area contributed by atoms with Gasteiger partial charge in [-0.3, -0.25) is 0 Å². The summed E-state index contributed by atoms with van der Waals surface area (Å²) in [7, 11) is 1.82. The van der Waals surface area contributed by atoms with Crippen LogP contribution >= 0.6 is 0 Å². The normalized spacial score (nSPS) is 44.8. The third-order valence-electron chi connectivity index (χ3n) is 4.09. The van der Waals surface area contributed by atoms with Crippen molar-refractivity contribution in [1.82, 2.24) is 0 Å². The zero-order chi connectivity index (χ0) is 9.60. The van der Waals surface area contributed by atoms with Crippen molar-refractivity contribution >= 4 is 0 Å². The zero-order valence-corrected chi connectivity index (χ0v) is 8.70. The van der Waals surface area contributed by atoms with Gasteiger partial charge in [0.25, 0.3) is 0 Å². The molecular weight excluding hydrogens is 180 g/mol. The first kappa shape index (κ1) is 9.13. The van der Waals surface area contributed by atoms with Crippen LogP contribution in [0.4, 0.5) is 0 Å². The SMILES string of the molecule is COC1C[C@@H]2CC3(C[C@@H]2C1)OCCO3. The molecule has 1 heterocycles. The van der Waals surface area contributed by atoms with E-state index in [1.165, 1.54) is 12.8 Å². The Morgan fingerprint density at radius 2 is 1.64 bits per heavy atom. The van der Waals surface area contributed by atoms with E-state index in [4.69, 9.17) is 14.2 Å². The van der Waals surface area contributed by atoms with Crippen molar-refractivity contribution in [2.45, 2.75) is 37.6 Å². The largest absolute Gasteiger partial charge is 0.381 e. The third kappa shape index (κ3) is 1.30. The van der Waals surface area contributed by atoms with Crippen molar-refractivity contribution in [3.63, 3.8) is 0 Å². The third-order valence-corrected chi connectivity index (χ3v) is 4.09. The number of ether oxygens (including phenoxy) is 3. The molecule has 1 saturated heterocycles. The monoisotopic (exact) mass is 198 g/mol.